The zero-order chi connectivity index (χ0) is 12.8. The van der Waals surface area contributed by atoms with Crippen LogP contribution in [-0.2, 0) is 0 Å². The van der Waals surface area contributed by atoms with Crippen LogP contribution >= 0.6 is 0 Å². The molecule has 0 aromatic rings. The van der Waals surface area contributed by atoms with Crippen molar-refractivity contribution < 1.29 is 0 Å². The molecule has 4 unspecified atom stereocenters. The molecular formula is C16H31N. The molecule has 0 bridgehead atoms. The summed E-state index contributed by atoms with van der Waals surface area (Å²) in [6.45, 7) is 11.1. The molecular weight excluding hydrogens is 206 g/mol. The summed E-state index contributed by atoms with van der Waals surface area (Å²) in [6, 6.07) is 0. The normalized spacial score (nSPS) is 27.1. The van der Waals surface area contributed by atoms with E-state index in [-0.39, 0.29) is 0 Å². The zero-order valence-corrected chi connectivity index (χ0v) is 12.3. The Morgan fingerprint density at radius 3 is 2.29 bits per heavy atom. The van der Waals surface area contributed by atoms with Gasteiger partial charge in [0, 0.05) is 12.7 Å². The Balaban J connectivity index is 2.23. The lowest BCUT2D eigenvalue weighted by molar-refractivity contribution is 0.139. The lowest BCUT2D eigenvalue weighted by Crippen LogP contribution is -2.27. The van der Waals surface area contributed by atoms with Crippen LogP contribution in [0.4, 0.5) is 0 Å². The standard InChI is InChI=1S/C16H31N/c1-6-7-15-10-11-16(15)9-8-12(2)13(3)14(4)17-5/h12-13,15-17H,4,6-11H2,1-3,5H3. The van der Waals surface area contributed by atoms with Gasteiger partial charge in [-0.1, -0.05) is 40.2 Å². The fourth-order valence-electron chi connectivity index (χ4n) is 3.07. The first-order valence-electron chi connectivity index (χ1n) is 7.46. The Hall–Kier alpha value is -0.460. The average molecular weight is 237 g/mol. The molecule has 0 heterocycles. The summed E-state index contributed by atoms with van der Waals surface area (Å²) < 4.78 is 0. The molecule has 0 saturated heterocycles. The molecule has 1 fully saturated rings. The summed E-state index contributed by atoms with van der Waals surface area (Å²) in [5.41, 5.74) is 1.19. The van der Waals surface area contributed by atoms with Gasteiger partial charge in [-0.2, -0.15) is 0 Å². The average Bonchev–Trinajstić information content (AvgIpc) is 2.32. The first kappa shape index (κ1) is 14.6. The molecule has 1 aliphatic rings. The largest absolute Gasteiger partial charge is 0.392 e. The molecule has 0 aromatic carbocycles. The molecule has 0 amide bonds. The van der Waals surface area contributed by atoms with Crippen molar-refractivity contribution in [2.75, 3.05) is 7.05 Å². The molecule has 1 heteroatoms. The van der Waals surface area contributed by atoms with Crippen LogP contribution < -0.4 is 5.32 Å². The zero-order valence-electron chi connectivity index (χ0n) is 12.3. The number of nitrogens with one attached hydrogen (secondary N) is 1. The number of hydrogen-bond acceptors (Lipinski definition) is 1. The second-order valence-corrected chi connectivity index (χ2v) is 6.00. The van der Waals surface area contributed by atoms with E-state index in [0.717, 1.165) is 17.8 Å². The second kappa shape index (κ2) is 7.08. The molecule has 1 nitrogen and oxygen atoms in total. The van der Waals surface area contributed by atoms with Crippen LogP contribution in [-0.4, -0.2) is 7.05 Å². The van der Waals surface area contributed by atoms with Crippen molar-refractivity contribution in [1.29, 1.82) is 0 Å². The van der Waals surface area contributed by atoms with E-state index in [9.17, 15) is 0 Å². The number of allylic oxidation sites excluding steroid dienone is 1. The van der Waals surface area contributed by atoms with Gasteiger partial charge in [-0.05, 0) is 49.4 Å². The van der Waals surface area contributed by atoms with Crippen molar-refractivity contribution >= 4 is 0 Å². The molecule has 1 rings (SSSR count). The maximum atomic E-state index is 4.09. The molecule has 0 aliphatic heterocycles. The first-order chi connectivity index (χ1) is 8.10. The molecule has 0 aromatic heterocycles. The summed E-state index contributed by atoms with van der Waals surface area (Å²) in [4.78, 5) is 0. The smallest absolute Gasteiger partial charge is 0.00624 e. The van der Waals surface area contributed by atoms with E-state index in [1.807, 2.05) is 7.05 Å². The minimum Gasteiger partial charge on any atom is -0.392 e. The van der Waals surface area contributed by atoms with E-state index < -0.39 is 0 Å². The lowest BCUT2D eigenvalue weighted by Gasteiger charge is -2.38. The van der Waals surface area contributed by atoms with Crippen molar-refractivity contribution in [2.45, 2.75) is 59.3 Å². The van der Waals surface area contributed by atoms with Crippen molar-refractivity contribution in [3.05, 3.63) is 12.3 Å². The van der Waals surface area contributed by atoms with E-state index in [1.165, 1.54) is 44.2 Å². The van der Waals surface area contributed by atoms with E-state index in [4.69, 9.17) is 0 Å². The summed E-state index contributed by atoms with van der Waals surface area (Å²) in [7, 11) is 1.98. The monoisotopic (exact) mass is 237 g/mol. The van der Waals surface area contributed by atoms with E-state index in [0.29, 0.717) is 5.92 Å². The Morgan fingerprint density at radius 1 is 1.24 bits per heavy atom. The minimum atomic E-state index is 0.602. The van der Waals surface area contributed by atoms with Crippen molar-refractivity contribution in [3.63, 3.8) is 0 Å². The molecule has 0 radical (unpaired) electrons. The fraction of sp³-hybridized carbons (Fsp3) is 0.875. The van der Waals surface area contributed by atoms with E-state index >= 15 is 0 Å². The Bertz CT molecular complexity index is 234. The Labute approximate surface area is 108 Å². The highest BCUT2D eigenvalue weighted by Crippen LogP contribution is 2.41. The van der Waals surface area contributed by atoms with E-state index in [2.05, 4.69) is 32.7 Å². The van der Waals surface area contributed by atoms with Gasteiger partial charge >= 0.3 is 0 Å². The first-order valence-corrected chi connectivity index (χ1v) is 7.46. The molecule has 1 aliphatic carbocycles. The fourth-order valence-corrected chi connectivity index (χ4v) is 3.07. The third-order valence-electron chi connectivity index (χ3n) is 4.95. The Kier molecular flexibility index (Phi) is 6.08. The summed E-state index contributed by atoms with van der Waals surface area (Å²) in [5, 5.41) is 3.20. The number of hydrogen-bond donors (Lipinski definition) is 1. The van der Waals surface area contributed by atoms with Gasteiger partial charge < -0.3 is 5.32 Å². The maximum absolute atomic E-state index is 4.09. The van der Waals surface area contributed by atoms with Crippen LogP contribution in [0.2, 0.25) is 0 Å². The summed E-state index contributed by atoms with van der Waals surface area (Å²) >= 11 is 0. The topological polar surface area (TPSA) is 12.0 Å². The van der Waals surface area contributed by atoms with Crippen molar-refractivity contribution in [2.24, 2.45) is 23.7 Å². The van der Waals surface area contributed by atoms with Crippen LogP contribution in [0.15, 0.2) is 12.3 Å². The molecule has 1 N–H and O–H groups in total. The third kappa shape index (κ3) is 4.04. The quantitative estimate of drug-likeness (QED) is 0.650. The molecule has 1 saturated carbocycles. The van der Waals surface area contributed by atoms with Gasteiger partial charge in [0.2, 0.25) is 0 Å². The second-order valence-electron chi connectivity index (χ2n) is 6.00. The van der Waals surface area contributed by atoms with Gasteiger partial charge in [-0.25, -0.2) is 0 Å². The third-order valence-corrected chi connectivity index (χ3v) is 4.95. The highest BCUT2D eigenvalue weighted by atomic mass is 14.8. The van der Waals surface area contributed by atoms with Gasteiger partial charge in [0.15, 0.2) is 0 Å². The predicted octanol–water partition coefficient (Wildman–Crippen LogP) is 4.60. The predicted molar refractivity (Wildman–Crippen MR) is 76.9 cm³/mol. The minimum absolute atomic E-state index is 0.602. The Morgan fingerprint density at radius 2 is 1.82 bits per heavy atom. The summed E-state index contributed by atoms with van der Waals surface area (Å²) in [6.07, 6.45) is 8.60. The lowest BCUT2D eigenvalue weighted by atomic mass is 9.68. The van der Waals surface area contributed by atoms with Crippen LogP contribution in [0.25, 0.3) is 0 Å². The van der Waals surface area contributed by atoms with E-state index in [1.54, 1.807) is 0 Å². The summed E-state index contributed by atoms with van der Waals surface area (Å²) in [5.74, 6) is 3.45. The molecule has 4 atom stereocenters. The van der Waals surface area contributed by atoms with Crippen LogP contribution in [0.5, 0.6) is 0 Å². The van der Waals surface area contributed by atoms with Crippen LogP contribution in [0, 0.1) is 23.7 Å². The van der Waals surface area contributed by atoms with Crippen LogP contribution in [0.3, 0.4) is 0 Å². The van der Waals surface area contributed by atoms with Gasteiger partial charge in [-0.15, -0.1) is 0 Å². The van der Waals surface area contributed by atoms with Crippen molar-refractivity contribution in [3.8, 4) is 0 Å². The van der Waals surface area contributed by atoms with Crippen molar-refractivity contribution in [1.82, 2.24) is 5.32 Å². The van der Waals surface area contributed by atoms with Gasteiger partial charge in [0.05, 0.1) is 0 Å². The molecule has 0 spiro atoms. The highest BCUT2D eigenvalue weighted by molar-refractivity contribution is 4.97. The van der Waals surface area contributed by atoms with Crippen LogP contribution in [0.1, 0.15) is 59.3 Å². The van der Waals surface area contributed by atoms with Gasteiger partial charge in [0.25, 0.3) is 0 Å². The molecule has 100 valence electrons. The number of rotatable bonds is 8. The highest BCUT2D eigenvalue weighted by Gasteiger charge is 2.30. The van der Waals surface area contributed by atoms with Gasteiger partial charge in [-0.3, -0.25) is 0 Å². The van der Waals surface area contributed by atoms with Gasteiger partial charge in [0.1, 0.15) is 0 Å². The SMILES string of the molecule is C=C(NC)C(C)C(C)CCC1CCC1CCC. The maximum Gasteiger partial charge on any atom is 0.00624 e. The molecule has 17 heavy (non-hydrogen) atoms.